The molecule has 1 atom stereocenters. The Morgan fingerprint density at radius 3 is 2.81 bits per heavy atom. The summed E-state index contributed by atoms with van der Waals surface area (Å²) in [5, 5.41) is 2.84. The molecule has 0 aliphatic carbocycles. The molecule has 2 amide bonds. The van der Waals surface area contributed by atoms with Gasteiger partial charge in [0.1, 0.15) is 0 Å². The molecule has 1 unspecified atom stereocenters. The summed E-state index contributed by atoms with van der Waals surface area (Å²) in [6, 6.07) is 0.135. The summed E-state index contributed by atoms with van der Waals surface area (Å²) in [5.41, 5.74) is 5.37. The highest BCUT2D eigenvalue weighted by Crippen LogP contribution is 2.11. The van der Waals surface area contributed by atoms with Crippen molar-refractivity contribution < 1.29 is 9.59 Å². The summed E-state index contributed by atoms with van der Waals surface area (Å²) in [6.07, 6.45) is 3.19. The lowest BCUT2D eigenvalue weighted by molar-refractivity contribution is -0.130. The molecule has 1 aliphatic rings. The van der Waals surface area contributed by atoms with Crippen LogP contribution in [0.25, 0.3) is 0 Å². The molecule has 1 heterocycles. The number of hydrogen-bond donors (Lipinski definition) is 2. The van der Waals surface area contributed by atoms with Crippen molar-refractivity contribution in [1.82, 2.24) is 10.2 Å². The van der Waals surface area contributed by atoms with Crippen LogP contribution in [0.1, 0.15) is 32.6 Å². The Balaban J connectivity index is 2.24. The normalized spacial score (nSPS) is 19.9. The molecule has 92 valence electrons. The van der Waals surface area contributed by atoms with E-state index in [1.54, 1.807) is 0 Å². The highest BCUT2D eigenvalue weighted by Gasteiger charge is 2.25. The van der Waals surface area contributed by atoms with Gasteiger partial charge in [-0.1, -0.05) is 0 Å². The first kappa shape index (κ1) is 13.0. The Bertz CT molecular complexity index is 256. The zero-order valence-corrected chi connectivity index (χ0v) is 9.87. The topological polar surface area (TPSA) is 75.4 Å². The molecule has 0 aromatic rings. The maximum atomic E-state index is 11.7. The van der Waals surface area contributed by atoms with Crippen molar-refractivity contribution in [1.29, 1.82) is 0 Å². The van der Waals surface area contributed by atoms with Crippen LogP contribution < -0.4 is 11.1 Å². The van der Waals surface area contributed by atoms with E-state index in [0.29, 0.717) is 19.5 Å². The van der Waals surface area contributed by atoms with Crippen molar-refractivity contribution in [2.24, 2.45) is 5.73 Å². The molecule has 5 nitrogen and oxygen atoms in total. The predicted molar refractivity (Wildman–Crippen MR) is 61.7 cm³/mol. The van der Waals surface area contributed by atoms with E-state index in [1.807, 2.05) is 4.90 Å². The molecule has 1 fully saturated rings. The third-order valence-corrected chi connectivity index (χ3v) is 2.79. The SMILES string of the molecule is CC(=O)NC1CCN(C(=O)CCCCN)C1. The molecule has 0 aromatic carbocycles. The van der Waals surface area contributed by atoms with Crippen molar-refractivity contribution in [3.05, 3.63) is 0 Å². The van der Waals surface area contributed by atoms with Crippen LogP contribution in [0.4, 0.5) is 0 Å². The molecule has 5 heteroatoms. The molecule has 1 rings (SSSR count). The van der Waals surface area contributed by atoms with E-state index in [2.05, 4.69) is 5.32 Å². The Morgan fingerprint density at radius 2 is 2.19 bits per heavy atom. The van der Waals surface area contributed by atoms with E-state index < -0.39 is 0 Å². The number of carbonyl (C=O) groups is 2. The van der Waals surface area contributed by atoms with Crippen molar-refractivity contribution >= 4 is 11.8 Å². The van der Waals surface area contributed by atoms with Crippen LogP contribution in [0.15, 0.2) is 0 Å². The molecule has 3 N–H and O–H groups in total. The molecule has 0 bridgehead atoms. The smallest absolute Gasteiger partial charge is 0.222 e. The number of carbonyl (C=O) groups excluding carboxylic acids is 2. The zero-order chi connectivity index (χ0) is 12.0. The number of nitrogens with two attached hydrogens (primary N) is 1. The third-order valence-electron chi connectivity index (χ3n) is 2.79. The first-order chi connectivity index (χ1) is 7.63. The number of nitrogens with zero attached hydrogens (tertiary/aromatic N) is 1. The molecular weight excluding hydrogens is 206 g/mol. The van der Waals surface area contributed by atoms with E-state index in [-0.39, 0.29) is 17.9 Å². The van der Waals surface area contributed by atoms with Crippen LogP contribution in [-0.2, 0) is 9.59 Å². The molecule has 0 radical (unpaired) electrons. The van der Waals surface area contributed by atoms with Crippen molar-refractivity contribution in [2.75, 3.05) is 19.6 Å². The van der Waals surface area contributed by atoms with Gasteiger partial charge in [-0.15, -0.1) is 0 Å². The third kappa shape index (κ3) is 4.18. The molecule has 16 heavy (non-hydrogen) atoms. The van der Waals surface area contributed by atoms with Gasteiger partial charge in [-0.05, 0) is 25.8 Å². The van der Waals surface area contributed by atoms with E-state index >= 15 is 0 Å². The lowest BCUT2D eigenvalue weighted by atomic mass is 10.2. The second-order valence-electron chi connectivity index (χ2n) is 4.27. The molecule has 0 spiro atoms. The van der Waals surface area contributed by atoms with Gasteiger partial charge in [0.25, 0.3) is 0 Å². The van der Waals surface area contributed by atoms with Crippen molar-refractivity contribution in [3.63, 3.8) is 0 Å². The number of rotatable bonds is 5. The summed E-state index contributed by atoms with van der Waals surface area (Å²) in [5.74, 6) is 0.156. The Hall–Kier alpha value is -1.10. The standard InChI is InChI=1S/C11H21N3O2/c1-9(15)13-10-5-7-14(8-10)11(16)4-2-3-6-12/h10H,2-8,12H2,1H3,(H,13,15). The first-order valence-electron chi connectivity index (χ1n) is 5.88. The molecule has 1 aliphatic heterocycles. The van der Waals surface area contributed by atoms with Gasteiger partial charge in [-0.2, -0.15) is 0 Å². The zero-order valence-electron chi connectivity index (χ0n) is 9.87. The second-order valence-corrected chi connectivity index (χ2v) is 4.27. The van der Waals surface area contributed by atoms with E-state index in [4.69, 9.17) is 5.73 Å². The van der Waals surface area contributed by atoms with Gasteiger partial charge in [0, 0.05) is 32.5 Å². The molecule has 0 aromatic heterocycles. The van der Waals surface area contributed by atoms with Crippen molar-refractivity contribution in [2.45, 2.75) is 38.6 Å². The number of nitrogens with one attached hydrogen (secondary N) is 1. The fourth-order valence-corrected chi connectivity index (χ4v) is 1.97. The summed E-state index contributed by atoms with van der Waals surface area (Å²) >= 11 is 0. The largest absolute Gasteiger partial charge is 0.352 e. The minimum absolute atomic E-state index is 0.0255. The lowest BCUT2D eigenvalue weighted by Crippen LogP contribution is -2.37. The van der Waals surface area contributed by atoms with Crippen LogP contribution in [0.2, 0.25) is 0 Å². The van der Waals surface area contributed by atoms with Gasteiger partial charge in [0.2, 0.25) is 11.8 Å². The summed E-state index contributed by atoms with van der Waals surface area (Å²) in [7, 11) is 0. The monoisotopic (exact) mass is 227 g/mol. The fourth-order valence-electron chi connectivity index (χ4n) is 1.97. The molecule has 1 saturated heterocycles. The summed E-state index contributed by atoms with van der Waals surface area (Å²) < 4.78 is 0. The molecule has 0 saturated carbocycles. The number of hydrogen-bond acceptors (Lipinski definition) is 3. The highest BCUT2D eigenvalue weighted by atomic mass is 16.2. The molecular formula is C11H21N3O2. The van der Waals surface area contributed by atoms with E-state index in [0.717, 1.165) is 25.8 Å². The van der Waals surface area contributed by atoms with Gasteiger partial charge in [-0.3, -0.25) is 9.59 Å². The average molecular weight is 227 g/mol. The van der Waals surface area contributed by atoms with Gasteiger partial charge < -0.3 is 16.0 Å². The first-order valence-corrected chi connectivity index (χ1v) is 5.88. The fraction of sp³-hybridized carbons (Fsp3) is 0.818. The highest BCUT2D eigenvalue weighted by molar-refractivity contribution is 5.77. The van der Waals surface area contributed by atoms with Crippen LogP contribution in [0, 0.1) is 0 Å². The summed E-state index contributed by atoms with van der Waals surface area (Å²) in [4.78, 5) is 24.4. The van der Waals surface area contributed by atoms with Crippen LogP contribution >= 0.6 is 0 Å². The van der Waals surface area contributed by atoms with Crippen molar-refractivity contribution in [3.8, 4) is 0 Å². The van der Waals surface area contributed by atoms with Gasteiger partial charge >= 0.3 is 0 Å². The Kier molecular flexibility index (Phi) is 5.25. The number of unbranched alkanes of at least 4 members (excludes halogenated alkanes) is 1. The van der Waals surface area contributed by atoms with Gasteiger partial charge in [-0.25, -0.2) is 0 Å². The minimum atomic E-state index is -0.0255. The van der Waals surface area contributed by atoms with Crippen LogP contribution in [0.5, 0.6) is 0 Å². The lowest BCUT2D eigenvalue weighted by Gasteiger charge is -2.16. The number of likely N-dealkylation sites (tertiary alicyclic amines) is 1. The Labute approximate surface area is 96.4 Å². The Morgan fingerprint density at radius 1 is 1.44 bits per heavy atom. The maximum absolute atomic E-state index is 11.7. The minimum Gasteiger partial charge on any atom is -0.352 e. The van der Waals surface area contributed by atoms with E-state index in [1.165, 1.54) is 6.92 Å². The predicted octanol–water partition coefficient (Wildman–Crippen LogP) is -0.148. The van der Waals surface area contributed by atoms with E-state index in [9.17, 15) is 9.59 Å². The second kappa shape index (κ2) is 6.48. The van der Waals surface area contributed by atoms with Gasteiger partial charge in [0.05, 0.1) is 0 Å². The average Bonchev–Trinajstić information content (AvgIpc) is 2.65. The van der Waals surface area contributed by atoms with Crippen LogP contribution in [-0.4, -0.2) is 42.4 Å². The summed E-state index contributed by atoms with van der Waals surface area (Å²) in [6.45, 7) is 3.56. The quantitative estimate of drug-likeness (QED) is 0.641. The maximum Gasteiger partial charge on any atom is 0.222 e. The van der Waals surface area contributed by atoms with Gasteiger partial charge in [0.15, 0.2) is 0 Å². The number of amides is 2. The van der Waals surface area contributed by atoms with Crippen LogP contribution in [0.3, 0.4) is 0 Å².